The van der Waals surface area contributed by atoms with Gasteiger partial charge in [0, 0.05) is 27.8 Å². The van der Waals surface area contributed by atoms with Crippen LogP contribution in [0.15, 0.2) is 109 Å². The third kappa shape index (κ3) is 8.71. The van der Waals surface area contributed by atoms with Crippen LogP contribution in [0.4, 0.5) is 0 Å². The van der Waals surface area contributed by atoms with Crippen molar-refractivity contribution in [2.45, 2.75) is 131 Å². The number of imidazole rings is 1. The first-order valence-electron chi connectivity index (χ1n) is 21.9. The van der Waals surface area contributed by atoms with Crippen molar-refractivity contribution >= 4 is 11.0 Å². The Bertz CT molecular complexity index is 2870. The summed E-state index contributed by atoms with van der Waals surface area (Å²) in [5, 5.41) is 22.1. The van der Waals surface area contributed by atoms with E-state index in [2.05, 4.69) is 205 Å². The van der Waals surface area contributed by atoms with Crippen LogP contribution in [0.3, 0.4) is 0 Å². The predicted octanol–water partition coefficient (Wildman–Crippen LogP) is 15.2. The predicted molar refractivity (Wildman–Crippen MR) is 260 cm³/mol. The second-order valence-electron chi connectivity index (χ2n) is 22.3. The maximum atomic E-state index is 12.1. The maximum Gasteiger partial charge on any atom is 0.145 e. The van der Waals surface area contributed by atoms with Crippen molar-refractivity contribution in [1.29, 1.82) is 5.26 Å². The summed E-state index contributed by atoms with van der Waals surface area (Å²) in [6, 6.07) is 40.9. The highest BCUT2D eigenvalue weighted by Crippen LogP contribution is 2.44. The molecule has 0 saturated carbocycles. The molecule has 0 radical (unpaired) electrons. The summed E-state index contributed by atoms with van der Waals surface area (Å²) >= 11 is 0. The van der Waals surface area contributed by atoms with Crippen molar-refractivity contribution in [2.75, 3.05) is 0 Å². The van der Waals surface area contributed by atoms with Gasteiger partial charge in [-0.15, -0.1) is 0 Å². The zero-order valence-corrected chi connectivity index (χ0v) is 39.6. The molecule has 0 spiro atoms. The van der Waals surface area contributed by atoms with Crippen molar-refractivity contribution < 1.29 is 5.11 Å². The number of benzene rings is 5. The number of pyridine rings is 1. The van der Waals surface area contributed by atoms with Crippen molar-refractivity contribution in [3.05, 3.63) is 143 Å². The van der Waals surface area contributed by atoms with Gasteiger partial charge >= 0.3 is 0 Å². The molecule has 7 aromatic rings. The van der Waals surface area contributed by atoms with Crippen LogP contribution >= 0.6 is 0 Å². The van der Waals surface area contributed by atoms with E-state index < -0.39 is 0 Å². The minimum Gasteiger partial charge on any atom is -0.507 e. The number of rotatable bonds is 5. The lowest BCUT2D eigenvalue weighted by Gasteiger charge is -2.28. The Morgan fingerprint density at radius 2 is 1.05 bits per heavy atom. The van der Waals surface area contributed by atoms with Crippen molar-refractivity contribution in [3.63, 3.8) is 0 Å². The summed E-state index contributed by atoms with van der Waals surface area (Å²) in [5.74, 6) is 1.05. The second-order valence-corrected chi connectivity index (χ2v) is 22.3. The van der Waals surface area contributed by atoms with Gasteiger partial charge in [0.2, 0.25) is 0 Å². The minimum absolute atomic E-state index is 0.0633. The molecule has 0 saturated heterocycles. The first kappa shape index (κ1) is 44.1. The third-order valence-corrected chi connectivity index (χ3v) is 12.1. The normalized spacial score (nSPS) is 12.8. The Hall–Kier alpha value is -5.99. The zero-order chi connectivity index (χ0) is 45.3. The highest BCUT2D eigenvalue weighted by Gasteiger charge is 2.29. The second kappa shape index (κ2) is 15.4. The van der Waals surface area contributed by atoms with Gasteiger partial charge in [0.05, 0.1) is 39.7 Å². The molecule has 7 rings (SSSR count). The van der Waals surface area contributed by atoms with Gasteiger partial charge in [0.25, 0.3) is 0 Å². The Balaban J connectivity index is 1.56. The number of hydrogen-bond acceptors (Lipinski definition) is 4. The van der Waals surface area contributed by atoms with E-state index in [-0.39, 0.29) is 32.8 Å². The number of nitrogens with zero attached hydrogens (tertiary/aromatic N) is 4. The first-order chi connectivity index (χ1) is 28.7. The average molecular weight is 821 g/mol. The van der Waals surface area contributed by atoms with E-state index in [1.165, 1.54) is 5.56 Å². The first-order valence-corrected chi connectivity index (χ1v) is 21.9. The number of aromatic hydroxyl groups is 1. The van der Waals surface area contributed by atoms with Gasteiger partial charge in [-0.25, -0.2) is 9.97 Å². The fourth-order valence-corrected chi connectivity index (χ4v) is 8.06. The summed E-state index contributed by atoms with van der Waals surface area (Å²) in [7, 11) is 0. The summed E-state index contributed by atoms with van der Waals surface area (Å²) in [6.45, 7) is 33.3. The molecule has 0 bridgehead atoms. The van der Waals surface area contributed by atoms with Gasteiger partial charge in [-0.3, -0.25) is 4.57 Å². The zero-order valence-electron chi connectivity index (χ0n) is 39.6. The Kier molecular flexibility index (Phi) is 11.0. The summed E-state index contributed by atoms with van der Waals surface area (Å²) in [4.78, 5) is 10.9. The highest BCUT2D eigenvalue weighted by molar-refractivity contribution is 5.88. The van der Waals surface area contributed by atoms with Crippen molar-refractivity contribution in [1.82, 2.24) is 14.5 Å². The van der Waals surface area contributed by atoms with Gasteiger partial charge in [-0.2, -0.15) is 5.26 Å². The molecule has 5 nitrogen and oxygen atoms in total. The summed E-state index contributed by atoms with van der Waals surface area (Å²) in [6.07, 6.45) is 0. The van der Waals surface area contributed by atoms with Crippen LogP contribution in [0.2, 0.25) is 0 Å². The molecule has 5 heteroatoms. The lowest BCUT2D eigenvalue weighted by Crippen LogP contribution is -2.17. The highest BCUT2D eigenvalue weighted by atomic mass is 16.3. The molecule has 318 valence electrons. The molecule has 5 aromatic carbocycles. The largest absolute Gasteiger partial charge is 0.507 e. The van der Waals surface area contributed by atoms with Crippen LogP contribution in [0, 0.1) is 11.3 Å². The van der Waals surface area contributed by atoms with E-state index in [0.717, 1.165) is 84.0 Å². The standard InChI is InChI=1S/C57H64N4O/c1-53(2,3)39-22-24-49(43(29-39)36-19-17-16-18-20-36)61-50-23-21-35(34-58)25-48(50)60-52(61)38-26-37(27-40(28-38)54(4,5)6)46-32-42(56(10,11)12)33-47(59-46)44-30-41(55(7,8)9)31-45(51(44)62)57(13,14)15/h16-33,62H,1-15H3. The van der Waals surface area contributed by atoms with E-state index in [9.17, 15) is 10.4 Å². The molecule has 2 aromatic heterocycles. The maximum absolute atomic E-state index is 12.1. The topological polar surface area (TPSA) is 74.7 Å². The molecule has 62 heavy (non-hydrogen) atoms. The number of phenols is 1. The average Bonchev–Trinajstić information content (AvgIpc) is 3.57. The van der Waals surface area contributed by atoms with E-state index in [1.54, 1.807) is 0 Å². The fourth-order valence-electron chi connectivity index (χ4n) is 8.06. The molecular formula is C57H64N4O. The van der Waals surface area contributed by atoms with Gasteiger partial charge in [-0.1, -0.05) is 146 Å². The number of phenolic OH excluding ortho intramolecular Hbond substituents is 1. The van der Waals surface area contributed by atoms with Crippen LogP contribution in [0.25, 0.3) is 61.8 Å². The summed E-state index contributed by atoms with van der Waals surface area (Å²) < 4.78 is 2.27. The number of hydrogen-bond donors (Lipinski definition) is 1. The van der Waals surface area contributed by atoms with Crippen LogP contribution < -0.4 is 0 Å². The van der Waals surface area contributed by atoms with E-state index >= 15 is 0 Å². The molecule has 0 amide bonds. The van der Waals surface area contributed by atoms with E-state index in [0.29, 0.717) is 5.56 Å². The number of aromatic nitrogens is 3. The van der Waals surface area contributed by atoms with Crippen LogP contribution in [-0.2, 0) is 27.1 Å². The van der Waals surface area contributed by atoms with Crippen molar-refractivity contribution in [2.24, 2.45) is 0 Å². The Labute approximate surface area is 370 Å². The van der Waals surface area contributed by atoms with Gasteiger partial charge in [0.15, 0.2) is 0 Å². The molecule has 0 atom stereocenters. The number of fused-ring (bicyclic) bond motifs is 1. The Morgan fingerprint density at radius 1 is 0.484 bits per heavy atom. The van der Waals surface area contributed by atoms with Crippen molar-refractivity contribution in [3.8, 4) is 62.5 Å². The molecule has 0 aliphatic rings. The monoisotopic (exact) mass is 821 g/mol. The molecule has 0 aliphatic carbocycles. The molecule has 0 unspecified atom stereocenters. The minimum atomic E-state index is -0.284. The van der Waals surface area contributed by atoms with Gasteiger partial charge < -0.3 is 5.11 Å². The lowest BCUT2D eigenvalue weighted by atomic mass is 9.78. The summed E-state index contributed by atoms with van der Waals surface area (Å²) in [5.41, 5.74) is 14.3. The molecular weight excluding hydrogens is 757 g/mol. The molecule has 0 aliphatic heterocycles. The number of nitriles is 1. The van der Waals surface area contributed by atoms with E-state index in [1.807, 2.05) is 18.2 Å². The molecule has 1 N–H and O–H groups in total. The fraction of sp³-hybridized carbons (Fsp3) is 0.351. The van der Waals surface area contributed by atoms with E-state index in [4.69, 9.17) is 9.97 Å². The van der Waals surface area contributed by atoms with Crippen LogP contribution in [0.5, 0.6) is 5.75 Å². The molecule has 0 fully saturated rings. The lowest BCUT2D eigenvalue weighted by molar-refractivity contribution is 0.446. The third-order valence-electron chi connectivity index (χ3n) is 12.1. The van der Waals surface area contributed by atoms with Crippen LogP contribution in [-0.4, -0.2) is 19.6 Å². The van der Waals surface area contributed by atoms with Crippen LogP contribution in [0.1, 0.15) is 137 Å². The SMILES string of the molecule is CC(C)(C)c1cc(-c2cc(C(C)(C)C)cc(-c3cc(C(C)(C)C)cc(C(C)(C)C)c3O)n2)cc(-c2nc3cc(C#N)ccc3n2-c2ccc(C(C)(C)C)cc2-c2ccccc2)c1. The Morgan fingerprint density at radius 3 is 1.65 bits per heavy atom. The van der Waals surface area contributed by atoms with Gasteiger partial charge in [-0.05, 0) is 122 Å². The van der Waals surface area contributed by atoms with Gasteiger partial charge in [0.1, 0.15) is 11.6 Å². The smallest absolute Gasteiger partial charge is 0.145 e. The molecule has 2 heterocycles. The quantitative estimate of drug-likeness (QED) is 0.188.